The molecule has 0 spiro atoms. The van der Waals surface area contributed by atoms with Crippen LogP contribution in [0.3, 0.4) is 0 Å². The summed E-state index contributed by atoms with van der Waals surface area (Å²) in [6.45, 7) is 8.02. The average molecular weight is 403 g/mol. The van der Waals surface area contributed by atoms with Gasteiger partial charge in [-0.25, -0.2) is 9.37 Å². The Hall–Kier alpha value is -3.19. The third-order valence-electron chi connectivity index (χ3n) is 6.25. The molecule has 2 aliphatic rings. The lowest BCUT2D eigenvalue weighted by atomic mass is 9.74. The fourth-order valence-electron chi connectivity index (χ4n) is 4.65. The number of hydrogen-bond donors (Lipinski definition) is 2. The van der Waals surface area contributed by atoms with Crippen molar-refractivity contribution >= 4 is 16.3 Å². The number of nitrogens with one attached hydrogen (secondary N) is 1. The molecule has 1 aromatic carbocycles. The molecule has 0 aliphatic carbocycles. The summed E-state index contributed by atoms with van der Waals surface area (Å²) in [4.78, 5) is 8.46. The number of aromatic nitrogens is 4. The zero-order chi connectivity index (χ0) is 21.1. The predicted molar refractivity (Wildman–Crippen MR) is 113 cm³/mol. The summed E-state index contributed by atoms with van der Waals surface area (Å²) in [5, 5.41) is 24.0. The number of nitrogens with zero attached hydrogens (tertiary/aromatic N) is 4. The summed E-state index contributed by atoms with van der Waals surface area (Å²) in [7, 11) is 0. The minimum absolute atomic E-state index is 0.0730. The van der Waals surface area contributed by atoms with Gasteiger partial charge < -0.3 is 5.11 Å². The van der Waals surface area contributed by atoms with Crippen LogP contribution in [0.4, 0.5) is 4.39 Å². The van der Waals surface area contributed by atoms with Gasteiger partial charge in [-0.05, 0) is 49.4 Å². The van der Waals surface area contributed by atoms with Gasteiger partial charge in [0.25, 0.3) is 0 Å². The number of piperidine rings is 1. The minimum Gasteiger partial charge on any atom is -0.507 e. The van der Waals surface area contributed by atoms with Crippen molar-refractivity contribution in [2.24, 2.45) is 5.92 Å². The van der Waals surface area contributed by atoms with E-state index in [4.69, 9.17) is 0 Å². The zero-order valence-corrected chi connectivity index (χ0v) is 16.8. The highest BCUT2D eigenvalue weighted by molar-refractivity contribution is 5.89. The molecule has 2 N–H and O–H groups in total. The summed E-state index contributed by atoms with van der Waals surface area (Å²) < 4.78 is 15.3. The lowest BCUT2D eigenvalue weighted by Crippen LogP contribution is -2.61. The number of allylic oxidation sites excluding steroid dienone is 1. The van der Waals surface area contributed by atoms with Crippen LogP contribution in [-0.4, -0.2) is 42.5 Å². The fourth-order valence-corrected chi connectivity index (χ4v) is 4.65. The molecule has 2 bridgehead atoms. The second-order valence-corrected chi connectivity index (χ2v) is 8.66. The second kappa shape index (κ2) is 6.40. The topological polar surface area (TPSA) is 83.8 Å². The van der Waals surface area contributed by atoms with E-state index in [0.717, 1.165) is 10.8 Å². The Balaban J connectivity index is 1.44. The maximum absolute atomic E-state index is 15.3. The Bertz CT molecular complexity index is 1190. The normalized spacial score (nSPS) is 30.0. The Labute approximate surface area is 173 Å². The summed E-state index contributed by atoms with van der Waals surface area (Å²) >= 11 is 0. The number of hydrogen-bond acceptors (Lipinski definition) is 6. The van der Waals surface area contributed by atoms with Crippen LogP contribution in [0.25, 0.3) is 27.6 Å². The molecule has 6 nitrogen and oxygen atoms in total. The lowest BCUT2D eigenvalue weighted by molar-refractivity contribution is 0.0911. The molecule has 152 valence electrons. The Kier molecular flexibility index (Phi) is 4.02. The summed E-state index contributed by atoms with van der Waals surface area (Å²) in [5.41, 5.74) is 0.506. The Morgan fingerprint density at radius 3 is 2.80 bits per heavy atom. The van der Waals surface area contributed by atoms with Crippen molar-refractivity contribution in [2.75, 3.05) is 0 Å². The summed E-state index contributed by atoms with van der Waals surface area (Å²) in [5.74, 6) is -0.0151. The lowest BCUT2D eigenvalue weighted by Gasteiger charge is -2.45. The average Bonchev–Trinajstić information content (AvgIpc) is 3.02. The number of aromatic hydroxyl groups is 1. The number of alkyl halides is 1. The van der Waals surface area contributed by atoms with Crippen LogP contribution < -0.4 is 5.32 Å². The molecular formula is C23H22FN5O. The molecule has 0 saturated carbocycles. The van der Waals surface area contributed by atoms with Gasteiger partial charge in [0, 0.05) is 34.8 Å². The van der Waals surface area contributed by atoms with E-state index in [9.17, 15) is 5.11 Å². The maximum atomic E-state index is 15.3. The van der Waals surface area contributed by atoms with Crippen LogP contribution in [0.1, 0.15) is 26.1 Å². The Morgan fingerprint density at radius 1 is 1.20 bits per heavy atom. The van der Waals surface area contributed by atoms with Crippen LogP contribution in [-0.2, 0) is 0 Å². The van der Waals surface area contributed by atoms with Crippen LogP contribution in [0.2, 0.25) is 0 Å². The molecule has 2 aliphatic heterocycles. The maximum Gasteiger partial charge on any atom is 0.177 e. The van der Waals surface area contributed by atoms with Crippen LogP contribution >= 0.6 is 0 Å². The largest absolute Gasteiger partial charge is 0.507 e. The molecule has 2 aromatic heterocycles. The first-order chi connectivity index (χ1) is 14.3. The molecule has 0 amide bonds. The third kappa shape index (κ3) is 2.89. The number of phenols is 1. The van der Waals surface area contributed by atoms with E-state index in [0.29, 0.717) is 29.1 Å². The summed E-state index contributed by atoms with van der Waals surface area (Å²) in [6.07, 6.45) is 8.29. The van der Waals surface area contributed by atoms with Gasteiger partial charge in [-0.2, -0.15) is 0 Å². The number of rotatable bonds is 3. The summed E-state index contributed by atoms with van der Waals surface area (Å²) in [6, 6.07) is 5.32. The molecule has 7 heteroatoms. The SMILES string of the molecule is C=C(c1ncc(-c2cc3ccncc3cc2O)nn1)[C@H]1C[C@]2(C)C=C[C@@](C)(N2)[C@@H]1F. The van der Waals surface area contributed by atoms with Crippen molar-refractivity contribution in [1.29, 1.82) is 0 Å². The number of fused-ring (bicyclic) bond motifs is 3. The second-order valence-electron chi connectivity index (χ2n) is 8.66. The first kappa shape index (κ1) is 18.8. The Morgan fingerprint density at radius 2 is 2.03 bits per heavy atom. The van der Waals surface area contributed by atoms with Crippen molar-refractivity contribution < 1.29 is 9.50 Å². The van der Waals surface area contributed by atoms with Gasteiger partial charge in [0.1, 0.15) is 17.6 Å². The van der Waals surface area contributed by atoms with E-state index in [1.54, 1.807) is 24.7 Å². The predicted octanol–water partition coefficient (Wildman–Crippen LogP) is 3.84. The van der Waals surface area contributed by atoms with E-state index in [-0.39, 0.29) is 11.3 Å². The quantitative estimate of drug-likeness (QED) is 0.647. The van der Waals surface area contributed by atoms with E-state index >= 15 is 4.39 Å². The van der Waals surface area contributed by atoms with E-state index in [1.165, 1.54) is 0 Å². The molecule has 0 unspecified atom stereocenters. The molecule has 1 saturated heterocycles. The van der Waals surface area contributed by atoms with Gasteiger partial charge in [-0.3, -0.25) is 10.3 Å². The standard InChI is InChI=1S/C23H22FN5O/c1-13(17-10-22(2)5-6-23(3,29-22)20(17)24)21-26-12-18(27-28-21)16-8-14-4-7-25-11-15(14)9-19(16)30/h4-9,11-12,17,20,29-30H,1,10H2,2-3H3/t17-,20-,22+,23-/m1/s1. The van der Waals surface area contributed by atoms with Crippen molar-refractivity contribution in [1.82, 2.24) is 25.5 Å². The van der Waals surface area contributed by atoms with Gasteiger partial charge >= 0.3 is 0 Å². The van der Waals surface area contributed by atoms with Gasteiger partial charge in [0.2, 0.25) is 0 Å². The third-order valence-corrected chi connectivity index (χ3v) is 6.25. The van der Waals surface area contributed by atoms with Crippen molar-refractivity contribution in [3.63, 3.8) is 0 Å². The number of halogens is 1. The van der Waals surface area contributed by atoms with Crippen LogP contribution in [0.5, 0.6) is 5.75 Å². The molecule has 5 rings (SSSR count). The molecule has 0 radical (unpaired) electrons. The van der Waals surface area contributed by atoms with E-state index in [2.05, 4.69) is 39.0 Å². The van der Waals surface area contributed by atoms with Crippen molar-refractivity contribution in [3.8, 4) is 17.0 Å². The molecule has 4 atom stereocenters. The van der Waals surface area contributed by atoms with Gasteiger partial charge in [-0.15, -0.1) is 10.2 Å². The zero-order valence-electron chi connectivity index (χ0n) is 16.8. The first-order valence-electron chi connectivity index (χ1n) is 9.88. The van der Waals surface area contributed by atoms with Crippen molar-refractivity contribution in [2.45, 2.75) is 37.5 Å². The van der Waals surface area contributed by atoms with Gasteiger partial charge in [0.05, 0.1) is 11.7 Å². The van der Waals surface area contributed by atoms with Gasteiger partial charge in [-0.1, -0.05) is 18.7 Å². The monoisotopic (exact) mass is 403 g/mol. The minimum atomic E-state index is -1.14. The van der Waals surface area contributed by atoms with Crippen LogP contribution in [0.15, 0.2) is 55.5 Å². The molecular weight excluding hydrogens is 381 g/mol. The highest BCUT2D eigenvalue weighted by atomic mass is 19.1. The van der Waals surface area contributed by atoms with Gasteiger partial charge in [0.15, 0.2) is 5.82 Å². The fraction of sp³-hybridized carbons (Fsp3) is 0.304. The molecule has 4 heterocycles. The molecule has 1 fully saturated rings. The van der Waals surface area contributed by atoms with Crippen LogP contribution in [0, 0.1) is 5.92 Å². The number of benzene rings is 1. The molecule has 3 aromatic rings. The van der Waals surface area contributed by atoms with Crippen molar-refractivity contribution in [3.05, 3.63) is 61.3 Å². The smallest absolute Gasteiger partial charge is 0.177 e. The highest BCUT2D eigenvalue weighted by Crippen LogP contribution is 2.45. The highest BCUT2D eigenvalue weighted by Gasteiger charge is 2.53. The molecule has 30 heavy (non-hydrogen) atoms. The van der Waals surface area contributed by atoms with E-state index < -0.39 is 17.6 Å². The van der Waals surface area contributed by atoms with E-state index in [1.807, 2.05) is 31.2 Å². The number of pyridine rings is 1. The first-order valence-corrected chi connectivity index (χ1v) is 9.88. The number of phenolic OH excluding ortho intramolecular Hbond substituents is 1.